The summed E-state index contributed by atoms with van der Waals surface area (Å²) in [4.78, 5) is 7.26. The fraction of sp³-hybridized carbons (Fsp3) is 0.643. The van der Waals surface area contributed by atoms with Crippen LogP contribution < -0.4 is 10.6 Å². The number of aliphatic imine (C=N–C) groups is 1. The molecule has 110 valence electrons. The molecule has 0 saturated heterocycles. The predicted octanol–water partition coefficient (Wildman–Crippen LogP) is 3.78. The van der Waals surface area contributed by atoms with Gasteiger partial charge in [0.25, 0.3) is 0 Å². The molecule has 0 atom stereocenters. The van der Waals surface area contributed by atoms with Crippen LogP contribution in [0.5, 0.6) is 0 Å². The van der Waals surface area contributed by atoms with Gasteiger partial charge in [-0.05, 0) is 38.3 Å². The fourth-order valence-corrected chi connectivity index (χ4v) is 2.36. The van der Waals surface area contributed by atoms with Crippen molar-refractivity contribution in [3.8, 4) is 0 Å². The number of hydrogen-bond donors (Lipinski definition) is 2. The maximum atomic E-state index is 4.60. The average Bonchev–Trinajstić information content (AvgIpc) is 2.71. The van der Waals surface area contributed by atoms with Gasteiger partial charge < -0.3 is 10.6 Å². The van der Waals surface area contributed by atoms with Gasteiger partial charge in [-0.3, -0.25) is 0 Å². The van der Waals surface area contributed by atoms with Crippen molar-refractivity contribution in [2.45, 2.75) is 40.7 Å². The first-order valence-corrected chi connectivity index (χ1v) is 7.51. The summed E-state index contributed by atoms with van der Waals surface area (Å²) in [5.74, 6) is 1.64. The van der Waals surface area contributed by atoms with Crippen molar-refractivity contribution < 1.29 is 0 Å². The van der Waals surface area contributed by atoms with Crippen LogP contribution in [-0.4, -0.2) is 19.0 Å². The first kappa shape index (κ1) is 18.7. The number of guanidine groups is 1. The van der Waals surface area contributed by atoms with E-state index in [0.29, 0.717) is 0 Å². The molecule has 5 heteroatoms. The molecule has 2 N–H and O–H groups in total. The van der Waals surface area contributed by atoms with Crippen LogP contribution in [0.1, 0.15) is 36.9 Å². The van der Waals surface area contributed by atoms with Crippen molar-refractivity contribution in [3.05, 3.63) is 21.9 Å². The minimum absolute atomic E-state index is 0. The molecule has 19 heavy (non-hydrogen) atoms. The highest BCUT2D eigenvalue weighted by Gasteiger charge is 2.00. The van der Waals surface area contributed by atoms with Crippen LogP contribution in [0.25, 0.3) is 0 Å². The number of rotatable bonds is 6. The Balaban J connectivity index is 0.00000324. The van der Waals surface area contributed by atoms with Gasteiger partial charge in [0.05, 0.1) is 6.54 Å². The topological polar surface area (TPSA) is 36.4 Å². The SMILES string of the molecule is CCNC(=NCc1ccc(C)s1)NCCC(C)C.I. The Morgan fingerprint density at radius 2 is 2.05 bits per heavy atom. The number of nitrogens with zero attached hydrogens (tertiary/aromatic N) is 1. The maximum absolute atomic E-state index is 4.60. The second-order valence-electron chi connectivity index (χ2n) is 4.82. The van der Waals surface area contributed by atoms with E-state index in [9.17, 15) is 0 Å². The third-order valence-corrected chi connectivity index (χ3v) is 3.53. The second kappa shape index (κ2) is 10.5. The van der Waals surface area contributed by atoms with E-state index in [1.807, 2.05) is 11.3 Å². The number of halogens is 1. The predicted molar refractivity (Wildman–Crippen MR) is 96.7 cm³/mol. The maximum Gasteiger partial charge on any atom is 0.191 e. The zero-order chi connectivity index (χ0) is 13.4. The average molecular weight is 395 g/mol. The highest BCUT2D eigenvalue weighted by Crippen LogP contribution is 2.15. The van der Waals surface area contributed by atoms with Crippen molar-refractivity contribution in [3.63, 3.8) is 0 Å². The van der Waals surface area contributed by atoms with Crippen LogP contribution in [0.3, 0.4) is 0 Å². The molecule has 0 fully saturated rings. The highest BCUT2D eigenvalue weighted by molar-refractivity contribution is 14.0. The zero-order valence-corrected chi connectivity index (χ0v) is 15.5. The van der Waals surface area contributed by atoms with E-state index in [1.165, 1.54) is 16.2 Å². The van der Waals surface area contributed by atoms with Crippen molar-refractivity contribution in [1.82, 2.24) is 10.6 Å². The second-order valence-corrected chi connectivity index (χ2v) is 6.19. The molecular weight excluding hydrogens is 369 g/mol. The van der Waals surface area contributed by atoms with Crippen LogP contribution in [-0.2, 0) is 6.54 Å². The monoisotopic (exact) mass is 395 g/mol. The largest absolute Gasteiger partial charge is 0.357 e. The summed E-state index contributed by atoms with van der Waals surface area (Å²) < 4.78 is 0. The van der Waals surface area contributed by atoms with Crippen LogP contribution in [0, 0.1) is 12.8 Å². The molecule has 0 amide bonds. The molecule has 0 spiro atoms. The first-order valence-electron chi connectivity index (χ1n) is 6.69. The highest BCUT2D eigenvalue weighted by atomic mass is 127. The smallest absolute Gasteiger partial charge is 0.191 e. The fourth-order valence-electron chi connectivity index (χ4n) is 1.55. The summed E-state index contributed by atoms with van der Waals surface area (Å²) in [6, 6.07) is 4.30. The number of aryl methyl sites for hydroxylation is 1. The van der Waals surface area contributed by atoms with Gasteiger partial charge in [0, 0.05) is 22.8 Å². The lowest BCUT2D eigenvalue weighted by atomic mass is 10.1. The van der Waals surface area contributed by atoms with Crippen LogP contribution in [0.15, 0.2) is 17.1 Å². The summed E-state index contributed by atoms with van der Waals surface area (Å²) >= 11 is 1.81. The number of thiophene rings is 1. The molecule has 1 heterocycles. The third kappa shape index (κ3) is 8.47. The molecule has 0 bridgehead atoms. The molecule has 1 rings (SSSR count). The molecule has 1 aromatic heterocycles. The summed E-state index contributed by atoms with van der Waals surface area (Å²) in [6.07, 6.45) is 1.17. The Kier molecular flexibility index (Phi) is 10.3. The van der Waals surface area contributed by atoms with E-state index < -0.39 is 0 Å². The quantitative estimate of drug-likeness (QED) is 0.437. The molecule has 0 aliphatic carbocycles. The van der Waals surface area contributed by atoms with Crippen LogP contribution >= 0.6 is 35.3 Å². The van der Waals surface area contributed by atoms with Gasteiger partial charge in [0.15, 0.2) is 5.96 Å². The van der Waals surface area contributed by atoms with E-state index in [-0.39, 0.29) is 24.0 Å². The molecule has 0 aliphatic heterocycles. The van der Waals surface area contributed by atoms with Crippen LogP contribution in [0.4, 0.5) is 0 Å². The lowest BCUT2D eigenvalue weighted by molar-refractivity contribution is 0.574. The molecular formula is C14H26IN3S. The van der Waals surface area contributed by atoms with Crippen molar-refractivity contribution in [2.75, 3.05) is 13.1 Å². The Hall–Kier alpha value is -0.300. The molecule has 0 aromatic carbocycles. The van der Waals surface area contributed by atoms with E-state index in [2.05, 4.69) is 55.5 Å². The normalized spacial score (nSPS) is 11.3. The molecule has 0 unspecified atom stereocenters. The van der Waals surface area contributed by atoms with Crippen molar-refractivity contribution in [1.29, 1.82) is 0 Å². The summed E-state index contributed by atoms with van der Waals surface area (Å²) in [7, 11) is 0. The molecule has 1 aromatic rings. The van der Waals surface area contributed by atoms with Gasteiger partial charge in [-0.25, -0.2) is 4.99 Å². The van der Waals surface area contributed by atoms with E-state index in [0.717, 1.165) is 31.5 Å². The zero-order valence-electron chi connectivity index (χ0n) is 12.3. The van der Waals surface area contributed by atoms with Gasteiger partial charge >= 0.3 is 0 Å². The van der Waals surface area contributed by atoms with Crippen LogP contribution in [0.2, 0.25) is 0 Å². The Morgan fingerprint density at radius 1 is 1.32 bits per heavy atom. The summed E-state index contributed by atoms with van der Waals surface area (Å²) in [5, 5.41) is 6.65. The van der Waals surface area contributed by atoms with E-state index >= 15 is 0 Å². The summed E-state index contributed by atoms with van der Waals surface area (Å²) in [5.41, 5.74) is 0. The van der Waals surface area contributed by atoms with E-state index in [4.69, 9.17) is 0 Å². The molecule has 0 aliphatic rings. The molecule has 3 nitrogen and oxygen atoms in total. The first-order chi connectivity index (χ1) is 8.61. The van der Waals surface area contributed by atoms with E-state index in [1.54, 1.807) is 0 Å². The lowest BCUT2D eigenvalue weighted by Crippen LogP contribution is -2.38. The van der Waals surface area contributed by atoms with Gasteiger partial charge in [0.2, 0.25) is 0 Å². The summed E-state index contributed by atoms with van der Waals surface area (Å²) in [6.45, 7) is 11.3. The standard InChI is InChI=1S/C14H25N3S.HI/c1-5-15-14(16-9-8-11(2)3)17-10-13-7-6-12(4)18-13;/h6-7,11H,5,8-10H2,1-4H3,(H2,15,16,17);1H. The minimum Gasteiger partial charge on any atom is -0.357 e. The number of hydrogen-bond acceptors (Lipinski definition) is 2. The molecule has 0 radical (unpaired) electrons. The van der Waals surface area contributed by atoms with Crippen molar-refractivity contribution in [2.24, 2.45) is 10.9 Å². The van der Waals surface area contributed by atoms with Gasteiger partial charge in [0.1, 0.15) is 0 Å². The Bertz CT molecular complexity index is 375. The number of nitrogens with one attached hydrogen (secondary N) is 2. The van der Waals surface area contributed by atoms with Gasteiger partial charge in [-0.1, -0.05) is 13.8 Å². The molecule has 0 saturated carbocycles. The third-order valence-electron chi connectivity index (χ3n) is 2.55. The van der Waals surface area contributed by atoms with Crippen molar-refractivity contribution >= 4 is 41.3 Å². The Morgan fingerprint density at radius 3 is 2.58 bits per heavy atom. The Labute approximate surface area is 138 Å². The lowest BCUT2D eigenvalue weighted by Gasteiger charge is -2.12. The van der Waals surface area contributed by atoms with Gasteiger partial charge in [-0.15, -0.1) is 35.3 Å². The minimum atomic E-state index is 0. The van der Waals surface area contributed by atoms with Gasteiger partial charge in [-0.2, -0.15) is 0 Å².